The molecule has 0 bridgehead atoms. The molecule has 0 aliphatic carbocycles. The molecule has 0 saturated heterocycles. The SMILES string of the molecule is N#Cc1ccncc1Nc1cc(I)ccc1Cl. The van der Waals surface area contributed by atoms with E-state index >= 15 is 0 Å². The van der Waals surface area contributed by atoms with Crippen molar-refractivity contribution in [2.24, 2.45) is 0 Å². The van der Waals surface area contributed by atoms with Crippen LogP contribution in [0.1, 0.15) is 5.56 Å². The first kappa shape index (κ1) is 12.1. The number of aromatic nitrogens is 1. The third kappa shape index (κ3) is 2.87. The predicted octanol–water partition coefficient (Wildman–Crippen LogP) is 3.95. The Kier molecular flexibility index (Phi) is 3.82. The van der Waals surface area contributed by atoms with Gasteiger partial charge in [0.2, 0.25) is 0 Å². The fraction of sp³-hybridized carbons (Fsp3) is 0. The van der Waals surface area contributed by atoms with Gasteiger partial charge in [0.25, 0.3) is 0 Å². The Morgan fingerprint density at radius 2 is 2.12 bits per heavy atom. The summed E-state index contributed by atoms with van der Waals surface area (Å²) in [6.45, 7) is 0. The number of anilines is 2. The molecule has 1 aromatic carbocycles. The molecule has 0 fully saturated rings. The summed E-state index contributed by atoms with van der Waals surface area (Å²) < 4.78 is 1.07. The van der Waals surface area contributed by atoms with Gasteiger partial charge in [0.15, 0.2) is 0 Å². The highest BCUT2D eigenvalue weighted by Crippen LogP contribution is 2.28. The van der Waals surface area contributed by atoms with Gasteiger partial charge in [-0.25, -0.2) is 0 Å². The van der Waals surface area contributed by atoms with E-state index in [-0.39, 0.29) is 0 Å². The third-order valence-corrected chi connectivity index (χ3v) is 3.14. The maximum Gasteiger partial charge on any atom is 0.101 e. The second-order valence-corrected chi connectivity index (χ2v) is 4.94. The van der Waals surface area contributed by atoms with Crippen LogP contribution in [0.2, 0.25) is 5.02 Å². The molecule has 2 rings (SSSR count). The van der Waals surface area contributed by atoms with Crippen LogP contribution in [0.4, 0.5) is 11.4 Å². The van der Waals surface area contributed by atoms with E-state index in [1.807, 2.05) is 18.2 Å². The lowest BCUT2D eigenvalue weighted by Crippen LogP contribution is -1.95. The summed E-state index contributed by atoms with van der Waals surface area (Å²) in [5, 5.41) is 12.7. The molecule has 3 nitrogen and oxygen atoms in total. The zero-order valence-electron chi connectivity index (χ0n) is 8.61. The van der Waals surface area contributed by atoms with E-state index in [4.69, 9.17) is 16.9 Å². The summed E-state index contributed by atoms with van der Waals surface area (Å²) in [4.78, 5) is 3.98. The van der Waals surface area contributed by atoms with Gasteiger partial charge in [-0.1, -0.05) is 11.6 Å². The van der Waals surface area contributed by atoms with E-state index < -0.39 is 0 Å². The monoisotopic (exact) mass is 355 g/mol. The highest BCUT2D eigenvalue weighted by Gasteiger charge is 2.05. The zero-order chi connectivity index (χ0) is 12.3. The molecule has 0 amide bonds. The molecule has 0 aliphatic rings. The molecule has 0 spiro atoms. The van der Waals surface area contributed by atoms with Crippen molar-refractivity contribution in [3.8, 4) is 6.07 Å². The Morgan fingerprint density at radius 1 is 1.29 bits per heavy atom. The zero-order valence-corrected chi connectivity index (χ0v) is 11.5. The Bertz CT molecular complexity index is 593. The first-order chi connectivity index (χ1) is 8.20. The first-order valence-corrected chi connectivity index (χ1v) is 6.22. The molecule has 0 radical (unpaired) electrons. The van der Waals surface area contributed by atoms with Crippen molar-refractivity contribution in [2.45, 2.75) is 0 Å². The number of pyridine rings is 1. The van der Waals surface area contributed by atoms with Crippen LogP contribution in [0.3, 0.4) is 0 Å². The fourth-order valence-corrected chi connectivity index (χ4v) is 1.99. The van der Waals surface area contributed by atoms with Gasteiger partial charge < -0.3 is 5.32 Å². The van der Waals surface area contributed by atoms with E-state index in [0.717, 1.165) is 9.26 Å². The minimum Gasteiger partial charge on any atom is -0.352 e. The second kappa shape index (κ2) is 5.34. The van der Waals surface area contributed by atoms with Crippen LogP contribution >= 0.6 is 34.2 Å². The van der Waals surface area contributed by atoms with Crippen molar-refractivity contribution in [1.82, 2.24) is 4.98 Å². The second-order valence-electron chi connectivity index (χ2n) is 3.28. The molecular weight excluding hydrogens is 349 g/mol. The van der Waals surface area contributed by atoms with Gasteiger partial charge in [-0.15, -0.1) is 0 Å². The molecule has 84 valence electrons. The predicted molar refractivity (Wildman–Crippen MR) is 76.4 cm³/mol. The van der Waals surface area contributed by atoms with Gasteiger partial charge in [0.1, 0.15) is 6.07 Å². The minimum absolute atomic E-state index is 0.537. The molecule has 17 heavy (non-hydrogen) atoms. The highest BCUT2D eigenvalue weighted by molar-refractivity contribution is 14.1. The van der Waals surface area contributed by atoms with Gasteiger partial charge in [0.05, 0.1) is 28.2 Å². The third-order valence-electron chi connectivity index (χ3n) is 2.14. The van der Waals surface area contributed by atoms with E-state index in [1.165, 1.54) is 0 Å². The van der Waals surface area contributed by atoms with Crippen LogP contribution in [-0.2, 0) is 0 Å². The normalized spacial score (nSPS) is 9.71. The average Bonchev–Trinajstić information content (AvgIpc) is 2.34. The fourth-order valence-electron chi connectivity index (χ4n) is 1.33. The van der Waals surface area contributed by atoms with Crippen molar-refractivity contribution < 1.29 is 0 Å². The lowest BCUT2D eigenvalue weighted by Gasteiger charge is -2.09. The van der Waals surface area contributed by atoms with E-state index in [9.17, 15) is 0 Å². The number of nitrogens with one attached hydrogen (secondary N) is 1. The molecule has 0 aliphatic heterocycles. The van der Waals surface area contributed by atoms with Crippen LogP contribution in [-0.4, -0.2) is 4.98 Å². The van der Waals surface area contributed by atoms with E-state index in [1.54, 1.807) is 18.5 Å². The van der Waals surface area contributed by atoms with E-state index in [0.29, 0.717) is 16.3 Å². The number of benzene rings is 1. The molecule has 1 aromatic heterocycles. The Balaban J connectivity index is 2.38. The largest absolute Gasteiger partial charge is 0.352 e. The van der Waals surface area contributed by atoms with Crippen LogP contribution in [0.15, 0.2) is 36.7 Å². The van der Waals surface area contributed by atoms with Crippen LogP contribution in [0, 0.1) is 14.9 Å². The number of rotatable bonds is 2. The van der Waals surface area contributed by atoms with Crippen LogP contribution < -0.4 is 5.32 Å². The van der Waals surface area contributed by atoms with Crippen molar-refractivity contribution in [3.05, 3.63) is 50.8 Å². The Labute approximate surface area is 118 Å². The molecular formula is C12H7ClIN3. The smallest absolute Gasteiger partial charge is 0.101 e. The lowest BCUT2D eigenvalue weighted by molar-refractivity contribution is 1.30. The van der Waals surface area contributed by atoms with Gasteiger partial charge in [-0.3, -0.25) is 4.98 Å². The van der Waals surface area contributed by atoms with Crippen molar-refractivity contribution >= 4 is 45.6 Å². The molecule has 0 atom stereocenters. The van der Waals surface area contributed by atoms with Gasteiger partial charge >= 0.3 is 0 Å². The molecule has 1 heterocycles. The first-order valence-electron chi connectivity index (χ1n) is 4.77. The average molecular weight is 356 g/mol. The van der Waals surface area contributed by atoms with Crippen molar-refractivity contribution in [2.75, 3.05) is 5.32 Å². The maximum atomic E-state index is 8.97. The molecule has 0 unspecified atom stereocenters. The summed E-state index contributed by atoms with van der Waals surface area (Å²) in [5.74, 6) is 0. The van der Waals surface area contributed by atoms with Crippen molar-refractivity contribution in [1.29, 1.82) is 5.26 Å². The van der Waals surface area contributed by atoms with Gasteiger partial charge in [-0.2, -0.15) is 5.26 Å². The lowest BCUT2D eigenvalue weighted by atomic mass is 10.2. The van der Waals surface area contributed by atoms with Crippen LogP contribution in [0.25, 0.3) is 0 Å². The van der Waals surface area contributed by atoms with Crippen molar-refractivity contribution in [3.63, 3.8) is 0 Å². The van der Waals surface area contributed by atoms with E-state index in [2.05, 4.69) is 39.0 Å². The molecule has 2 aromatic rings. The number of halogens is 2. The van der Waals surface area contributed by atoms with Gasteiger partial charge in [0, 0.05) is 9.77 Å². The summed E-state index contributed by atoms with van der Waals surface area (Å²) >= 11 is 8.28. The Hall–Kier alpha value is -1.32. The van der Waals surface area contributed by atoms with Gasteiger partial charge in [-0.05, 0) is 46.9 Å². The number of nitrogens with zero attached hydrogens (tertiary/aromatic N) is 2. The quantitative estimate of drug-likeness (QED) is 0.830. The summed E-state index contributed by atoms with van der Waals surface area (Å²) in [6.07, 6.45) is 3.19. The number of hydrogen-bond donors (Lipinski definition) is 1. The summed E-state index contributed by atoms with van der Waals surface area (Å²) in [6, 6.07) is 9.41. The Morgan fingerprint density at radius 3 is 2.88 bits per heavy atom. The maximum absolute atomic E-state index is 8.97. The topological polar surface area (TPSA) is 48.7 Å². The number of hydrogen-bond acceptors (Lipinski definition) is 3. The minimum atomic E-state index is 0.537. The van der Waals surface area contributed by atoms with Crippen LogP contribution in [0.5, 0.6) is 0 Å². The molecule has 0 saturated carbocycles. The summed E-state index contributed by atoms with van der Waals surface area (Å²) in [5.41, 5.74) is 1.96. The molecule has 5 heteroatoms. The molecule has 1 N–H and O–H groups in total. The highest BCUT2D eigenvalue weighted by atomic mass is 127. The summed E-state index contributed by atoms with van der Waals surface area (Å²) in [7, 11) is 0. The standard InChI is InChI=1S/C12H7ClIN3/c13-10-2-1-9(14)5-11(10)17-12-7-16-4-3-8(12)6-15/h1-5,7,17H. The number of nitriles is 1.